The lowest BCUT2D eigenvalue weighted by Crippen LogP contribution is -2.39. The molecule has 1 aliphatic carbocycles. The molecule has 200 valence electrons. The van der Waals surface area contributed by atoms with Crippen LogP contribution in [0.4, 0.5) is 5.69 Å². The Labute approximate surface area is 228 Å². The highest BCUT2D eigenvalue weighted by molar-refractivity contribution is 7.91. The van der Waals surface area contributed by atoms with Crippen molar-refractivity contribution in [1.82, 2.24) is 14.9 Å². The number of carbonyl (C=O) groups is 1. The Morgan fingerprint density at radius 3 is 2.33 bits per heavy atom. The van der Waals surface area contributed by atoms with E-state index in [2.05, 4.69) is 64.5 Å². The summed E-state index contributed by atoms with van der Waals surface area (Å²) in [4.78, 5) is 26.0. The van der Waals surface area contributed by atoms with E-state index in [9.17, 15) is 13.2 Å². The summed E-state index contributed by atoms with van der Waals surface area (Å²) in [6.07, 6.45) is 6.03. The molecule has 0 unspecified atom stereocenters. The van der Waals surface area contributed by atoms with Crippen molar-refractivity contribution in [2.24, 2.45) is 0 Å². The van der Waals surface area contributed by atoms with Crippen molar-refractivity contribution in [3.63, 3.8) is 0 Å². The minimum absolute atomic E-state index is 0.149. The number of fused-ring (bicyclic) bond motifs is 5. The monoisotopic (exact) mass is 540 g/mol. The number of hydrogen-bond donors (Lipinski definition) is 1. The predicted octanol–water partition coefficient (Wildman–Crippen LogP) is 4.25. The number of aromatic nitrogens is 2. The summed E-state index contributed by atoms with van der Waals surface area (Å²) in [7, 11) is -1.09. The van der Waals surface area contributed by atoms with Crippen LogP contribution in [0.15, 0.2) is 60.8 Å². The quantitative estimate of drug-likeness (QED) is 0.418. The number of nitrogens with one attached hydrogen (secondary N) is 1. The number of nitrogens with zero attached hydrogens (tertiary/aromatic N) is 3. The van der Waals surface area contributed by atoms with Crippen molar-refractivity contribution in [1.29, 1.82) is 0 Å². The number of carbonyl (C=O) groups excluding carboxylic acids is 1. The van der Waals surface area contributed by atoms with Crippen LogP contribution >= 0.6 is 0 Å². The van der Waals surface area contributed by atoms with Crippen molar-refractivity contribution in [2.45, 2.75) is 42.9 Å². The molecule has 1 amide bonds. The Balaban J connectivity index is 1.17. The first kappa shape index (κ1) is 24.5. The minimum Gasteiger partial charge on any atom is -0.339 e. The van der Waals surface area contributed by atoms with Crippen LogP contribution in [0.5, 0.6) is 0 Å². The van der Waals surface area contributed by atoms with Gasteiger partial charge in [0.2, 0.25) is 5.91 Å². The second-order valence-electron chi connectivity index (χ2n) is 11.5. The maximum Gasteiger partial charge on any atom is 0.238 e. The number of sulfone groups is 1. The summed E-state index contributed by atoms with van der Waals surface area (Å²) in [6, 6.07) is 19.1. The zero-order chi connectivity index (χ0) is 26.9. The summed E-state index contributed by atoms with van der Waals surface area (Å²) in [5, 5.41) is 0.812. The molecule has 0 saturated carbocycles. The number of likely N-dealkylation sites (tertiary alicyclic amines) is 1. The normalized spacial score (nSPS) is 19.2. The summed E-state index contributed by atoms with van der Waals surface area (Å²) in [5.41, 5.74) is 7.99. The maximum atomic E-state index is 13.7. The topological polar surface area (TPSA) is 86.4 Å². The van der Waals surface area contributed by atoms with Gasteiger partial charge in [0, 0.05) is 36.5 Å². The molecule has 7 rings (SSSR count). The second kappa shape index (κ2) is 8.76. The molecular weight excluding hydrogens is 508 g/mol. The number of pyridine rings is 1. The number of likely N-dealkylation sites (N-methyl/N-ethyl adjacent to an activating group) is 1. The van der Waals surface area contributed by atoms with Gasteiger partial charge in [0.05, 0.1) is 22.5 Å². The van der Waals surface area contributed by atoms with Gasteiger partial charge >= 0.3 is 0 Å². The number of aromatic amines is 1. The molecule has 0 atom stereocenters. The van der Waals surface area contributed by atoms with Crippen LogP contribution in [0.2, 0.25) is 0 Å². The van der Waals surface area contributed by atoms with Crippen LogP contribution < -0.4 is 4.90 Å². The van der Waals surface area contributed by atoms with Crippen LogP contribution in [0.3, 0.4) is 0 Å². The smallest absolute Gasteiger partial charge is 0.238 e. The Hall–Kier alpha value is -3.49. The average molecular weight is 541 g/mol. The van der Waals surface area contributed by atoms with Crippen molar-refractivity contribution < 1.29 is 13.2 Å². The molecule has 4 aromatic rings. The van der Waals surface area contributed by atoms with Gasteiger partial charge in [0.1, 0.15) is 15.5 Å². The average Bonchev–Trinajstić information content (AvgIpc) is 3.59. The van der Waals surface area contributed by atoms with Gasteiger partial charge in [-0.2, -0.15) is 0 Å². The highest BCUT2D eigenvalue weighted by atomic mass is 32.2. The predicted molar refractivity (Wildman–Crippen MR) is 154 cm³/mol. The lowest BCUT2D eigenvalue weighted by Gasteiger charge is -2.31. The second-order valence-corrected chi connectivity index (χ2v) is 13.9. The van der Waals surface area contributed by atoms with Gasteiger partial charge in [-0.3, -0.25) is 9.69 Å². The molecule has 3 aliphatic rings. The molecule has 39 heavy (non-hydrogen) atoms. The van der Waals surface area contributed by atoms with Crippen LogP contribution in [0, 0.1) is 0 Å². The third-order valence-electron chi connectivity index (χ3n) is 9.11. The third-order valence-corrected chi connectivity index (χ3v) is 10.8. The summed E-state index contributed by atoms with van der Waals surface area (Å²) >= 11 is 0. The van der Waals surface area contributed by atoms with Gasteiger partial charge in [-0.1, -0.05) is 48.5 Å². The molecule has 1 spiro atoms. The van der Waals surface area contributed by atoms with Gasteiger partial charge in [-0.15, -0.1) is 0 Å². The fourth-order valence-electron chi connectivity index (χ4n) is 7.00. The highest BCUT2D eigenvalue weighted by Crippen LogP contribution is 2.51. The first-order valence-corrected chi connectivity index (χ1v) is 15.6. The van der Waals surface area contributed by atoms with E-state index in [4.69, 9.17) is 4.98 Å². The van der Waals surface area contributed by atoms with E-state index >= 15 is 0 Å². The van der Waals surface area contributed by atoms with E-state index < -0.39 is 15.3 Å². The van der Waals surface area contributed by atoms with E-state index in [-0.39, 0.29) is 11.2 Å². The summed E-state index contributed by atoms with van der Waals surface area (Å²) in [6.45, 7) is 2.42. The maximum absolute atomic E-state index is 13.7. The third kappa shape index (κ3) is 3.92. The van der Waals surface area contributed by atoms with Gasteiger partial charge in [-0.05, 0) is 67.1 Å². The first-order chi connectivity index (χ1) is 18.7. The van der Waals surface area contributed by atoms with Crippen molar-refractivity contribution in [2.75, 3.05) is 31.3 Å². The lowest BCUT2D eigenvalue weighted by atomic mass is 9.78. The number of rotatable bonds is 4. The first-order valence-electron chi connectivity index (χ1n) is 13.6. The number of H-pyrrole nitrogens is 1. The number of anilines is 1. The number of hydrogen-bond acceptors (Lipinski definition) is 5. The molecule has 4 heterocycles. The molecular formula is C31H32N4O3S. The van der Waals surface area contributed by atoms with E-state index in [1.165, 1.54) is 22.9 Å². The highest BCUT2D eigenvalue weighted by Gasteiger charge is 2.54. The van der Waals surface area contributed by atoms with Gasteiger partial charge in [0.15, 0.2) is 0 Å². The molecule has 1 saturated heterocycles. The van der Waals surface area contributed by atoms with Gasteiger partial charge in [0.25, 0.3) is 0 Å². The molecule has 2 aromatic carbocycles. The largest absolute Gasteiger partial charge is 0.339 e. The molecule has 1 fully saturated rings. The summed E-state index contributed by atoms with van der Waals surface area (Å²) < 4.78 is 23.7. The zero-order valence-corrected chi connectivity index (χ0v) is 23.1. The van der Waals surface area contributed by atoms with Crippen molar-refractivity contribution in [3.05, 3.63) is 83.0 Å². The molecule has 7 nitrogen and oxygen atoms in total. The van der Waals surface area contributed by atoms with Crippen LogP contribution in [-0.4, -0.2) is 60.8 Å². The number of amides is 1. The van der Waals surface area contributed by atoms with Gasteiger partial charge in [-0.25, -0.2) is 13.4 Å². The van der Waals surface area contributed by atoms with Crippen LogP contribution in [-0.2, 0) is 39.4 Å². The van der Waals surface area contributed by atoms with Crippen LogP contribution in [0.25, 0.3) is 22.3 Å². The molecule has 0 radical (unpaired) electrons. The van der Waals surface area contributed by atoms with E-state index in [1.54, 1.807) is 4.90 Å². The van der Waals surface area contributed by atoms with Crippen molar-refractivity contribution in [3.8, 4) is 11.3 Å². The van der Waals surface area contributed by atoms with E-state index in [1.807, 2.05) is 13.2 Å². The SMILES string of the molecule is CN1C(=O)C2(Cc3ccccc3C2)c2c1cnc1[nH]c(-c3ccc(CN4CCC(S(C)(=O)=O)CC4)cc3)cc21. The molecule has 1 N–H and O–H groups in total. The number of benzene rings is 2. The Morgan fingerprint density at radius 2 is 1.69 bits per heavy atom. The lowest BCUT2D eigenvalue weighted by molar-refractivity contribution is -0.122. The zero-order valence-electron chi connectivity index (χ0n) is 22.3. The molecule has 8 heteroatoms. The van der Waals surface area contributed by atoms with Crippen molar-refractivity contribution >= 4 is 32.5 Å². The fourth-order valence-corrected chi connectivity index (χ4v) is 8.07. The fraction of sp³-hybridized carbons (Fsp3) is 0.355. The Morgan fingerprint density at radius 1 is 1.03 bits per heavy atom. The van der Waals surface area contributed by atoms with E-state index in [0.29, 0.717) is 12.8 Å². The Kier molecular flexibility index (Phi) is 5.51. The Bertz CT molecular complexity index is 1690. The standard InChI is InChI=1S/C31H32N4O3S/c1-34-27-18-32-29-25(28(27)31(30(34)36)16-22-5-3-4-6-23(22)17-31)15-26(33-29)21-9-7-20(8-10-21)19-35-13-11-24(12-14-35)39(2,37)38/h3-10,15,18,24H,11-14,16-17,19H2,1-2H3,(H,32,33). The minimum atomic E-state index is -2.96. The molecule has 0 bridgehead atoms. The molecule has 2 aromatic heterocycles. The van der Waals surface area contributed by atoms with E-state index in [0.717, 1.165) is 66.0 Å². The van der Waals surface area contributed by atoms with Gasteiger partial charge < -0.3 is 9.88 Å². The number of piperidine rings is 1. The summed E-state index contributed by atoms with van der Waals surface area (Å²) in [5.74, 6) is 0.149. The van der Waals surface area contributed by atoms with Crippen LogP contribution in [0.1, 0.15) is 35.1 Å². The molecule has 2 aliphatic heterocycles.